The van der Waals surface area contributed by atoms with Crippen molar-refractivity contribution < 1.29 is 9.90 Å². The first kappa shape index (κ1) is 17.2. The van der Waals surface area contributed by atoms with Crippen LogP contribution in [-0.2, 0) is 15.6 Å². The van der Waals surface area contributed by atoms with Crippen molar-refractivity contribution >= 4 is 23.4 Å². The van der Waals surface area contributed by atoms with E-state index in [9.17, 15) is 4.79 Å². The maximum atomic E-state index is 11.0. The zero-order valence-corrected chi connectivity index (χ0v) is 15.7. The quantitative estimate of drug-likeness (QED) is 0.817. The molecule has 2 aliphatic carbocycles. The van der Waals surface area contributed by atoms with E-state index in [4.69, 9.17) is 10.1 Å². The smallest absolute Gasteiger partial charge is 0.331 e. The molecule has 3 rings (SSSR count). The van der Waals surface area contributed by atoms with Gasteiger partial charge in [-0.1, -0.05) is 45.9 Å². The SMILES string of the molecule is CC1(C)CCC(C)(C)c2sc(/C=C\C3=CC=C(C(=O)O)CC3)nc21. The van der Waals surface area contributed by atoms with E-state index in [0.29, 0.717) is 12.0 Å². The average Bonchev–Trinajstić information content (AvgIpc) is 2.97. The Kier molecular flexibility index (Phi) is 4.28. The van der Waals surface area contributed by atoms with E-state index in [2.05, 4.69) is 39.8 Å². The first-order valence-electron chi connectivity index (χ1n) is 8.52. The van der Waals surface area contributed by atoms with Gasteiger partial charge in [-0.15, -0.1) is 11.3 Å². The van der Waals surface area contributed by atoms with Crippen molar-refractivity contribution in [3.8, 4) is 0 Å². The topological polar surface area (TPSA) is 50.2 Å². The summed E-state index contributed by atoms with van der Waals surface area (Å²) in [5.41, 5.74) is 3.26. The van der Waals surface area contributed by atoms with Gasteiger partial charge in [-0.05, 0) is 37.3 Å². The van der Waals surface area contributed by atoms with E-state index in [1.165, 1.54) is 23.4 Å². The van der Waals surface area contributed by atoms with Crippen molar-refractivity contribution in [1.29, 1.82) is 0 Å². The summed E-state index contributed by atoms with van der Waals surface area (Å²) in [7, 11) is 0. The van der Waals surface area contributed by atoms with E-state index in [1.807, 2.05) is 6.08 Å². The highest BCUT2D eigenvalue weighted by Gasteiger charge is 2.40. The lowest BCUT2D eigenvalue weighted by molar-refractivity contribution is -0.132. The van der Waals surface area contributed by atoms with Crippen LogP contribution < -0.4 is 0 Å². The molecule has 128 valence electrons. The van der Waals surface area contributed by atoms with Gasteiger partial charge in [0.15, 0.2) is 0 Å². The summed E-state index contributed by atoms with van der Waals surface area (Å²) >= 11 is 1.80. The second-order valence-electron chi connectivity index (χ2n) is 8.07. The van der Waals surface area contributed by atoms with E-state index in [0.717, 1.165) is 17.0 Å². The number of allylic oxidation sites excluding steroid dienone is 4. The molecule has 1 N–H and O–H groups in total. The monoisotopic (exact) mass is 343 g/mol. The van der Waals surface area contributed by atoms with Crippen molar-refractivity contribution in [3.05, 3.63) is 45.0 Å². The number of carbonyl (C=O) groups is 1. The zero-order valence-electron chi connectivity index (χ0n) is 14.8. The molecule has 0 bridgehead atoms. The minimum absolute atomic E-state index is 0.149. The van der Waals surface area contributed by atoms with Crippen LogP contribution in [0.1, 0.15) is 69.0 Å². The van der Waals surface area contributed by atoms with E-state index in [1.54, 1.807) is 17.4 Å². The molecule has 0 unspecified atom stereocenters. The van der Waals surface area contributed by atoms with Crippen LogP contribution in [0.4, 0.5) is 0 Å². The number of rotatable bonds is 3. The lowest BCUT2D eigenvalue weighted by Crippen LogP contribution is -2.32. The summed E-state index contributed by atoms with van der Waals surface area (Å²) < 4.78 is 0. The summed E-state index contributed by atoms with van der Waals surface area (Å²) in [6, 6.07) is 0. The van der Waals surface area contributed by atoms with Gasteiger partial charge in [0.25, 0.3) is 0 Å². The summed E-state index contributed by atoms with van der Waals surface area (Å²) in [6.07, 6.45) is 11.5. The third-order valence-corrected chi connectivity index (χ3v) is 6.56. The number of fused-ring (bicyclic) bond motifs is 1. The van der Waals surface area contributed by atoms with Crippen LogP contribution in [0, 0.1) is 0 Å². The van der Waals surface area contributed by atoms with Crippen molar-refractivity contribution in [2.24, 2.45) is 0 Å². The molecule has 0 atom stereocenters. The summed E-state index contributed by atoms with van der Waals surface area (Å²) in [4.78, 5) is 17.3. The third kappa shape index (κ3) is 3.25. The fraction of sp³-hybridized carbons (Fsp3) is 0.500. The Hall–Kier alpha value is -1.68. The second kappa shape index (κ2) is 5.99. The number of aliphatic carboxylic acids is 1. The van der Waals surface area contributed by atoms with Crippen molar-refractivity contribution in [2.45, 2.75) is 64.2 Å². The van der Waals surface area contributed by atoms with Gasteiger partial charge in [-0.25, -0.2) is 9.78 Å². The summed E-state index contributed by atoms with van der Waals surface area (Å²) in [5.74, 6) is -0.814. The molecule has 2 aliphatic rings. The van der Waals surface area contributed by atoms with Crippen LogP contribution in [0.5, 0.6) is 0 Å². The van der Waals surface area contributed by atoms with Crippen LogP contribution in [-0.4, -0.2) is 16.1 Å². The van der Waals surface area contributed by atoms with Crippen LogP contribution >= 0.6 is 11.3 Å². The molecule has 1 aromatic heterocycles. The predicted molar refractivity (Wildman–Crippen MR) is 99.5 cm³/mol. The molecule has 4 heteroatoms. The van der Waals surface area contributed by atoms with Gasteiger partial charge in [-0.3, -0.25) is 0 Å². The standard InChI is InChI=1S/C20H25NO2S/c1-19(2)11-12-20(3,4)17-16(19)21-15(24-17)10-7-13-5-8-14(9-6-13)18(22)23/h5,7-8,10H,6,9,11-12H2,1-4H3,(H,22,23)/b10-7-. The Morgan fingerprint density at radius 3 is 2.42 bits per heavy atom. The molecular weight excluding hydrogens is 318 g/mol. The van der Waals surface area contributed by atoms with Crippen LogP contribution in [0.3, 0.4) is 0 Å². The molecule has 1 heterocycles. The van der Waals surface area contributed by atoms with E-state index in [-0.39, 0.29) is 10.8 Å². The fourth-order valence-corrected chi connectivity index (χ4v) is 4.61. The number of hydrogen-bond acceptors (Lipinski definition) is 3. The predicted octanol–water partition coefficient (Wildman–Crippen LogP) is 5.24. The van der Waals surface area contributed by atoms with Crippen molar-refractivity contribution in [3.63, 3.8) is 0 Å². The maximum absolute atomic E-state index is 11.0. The highest BCUT2D eigenvalue weighted by molar-refractivity contribution is 7.12. The molecule has 0 saturated carbocycles. The van der Waals surface area contributed by atoms with Gasteiger partial charge in [-0.2, -0.15) is 0 Å². The van der Waals surface area contributed by atoms with Crippen molar-refractivity contribution in [1.82, 2.24) is 4.98 Å². The fourth-order valence-electron chi connectivity index (χ4n) is 3.33. The largest absolute Gasteiger partial charge is 0.478 e. The third-order valence-electron chi connectivity index (χ3n) is 5.17. The molecule has 0 aromatic carbocycles. The first-order valence-corrected chi connectivity index (χ1v) is 9.34. The maximum Gasteiger partial charge on any atom is 0.331 e. The molecule has 24 heavy (non-hydrogen) atoms. The second-order valence-corrected chi connectivity index (χ2v) is 9.10. The molecular formula is C20H25NO2S. The van der Waals surface area contributed by atoms with Gasteiger partial charge in [0.2, 0.25) is 0 Å². The summed E-state index contributed by atoms with van der Waals surface area (Å²) in [6.45, 7) is 9.20. The molecule has 0 spiro atoms. The minimum atomic E-state index is -0.814. The Balaban J connectivity index is 1.85. The highest BCUT2D eigenvalue weighted by Crippen LogP contribution is 2.48. The van der Waals surface area contributed by atoms with Gasteiger partial charge in [0, 0.05) is 21.3 Å². The van der Waals surface area contributed by atoms with Gasteiger partial charge < -0.3 is 5.11 Å². The number of aromatic nitrogens is 1. The summed E-state index contributed by atoms with van der Waals surface area (Å²) in [5, 5.41) is 10.1. The lowest BCUT2D eigenvalue weighted by Gasteiger charge is -2.37. The van der Waals surface area contributed by atoms with Crippen LogP contribution in [0.15, 0.2) is 29.4 Å². The van der Waals surface area contributed by atoms with Crippen molar-refractivity contribution in [2.75, 3.05) is 0 Å². The number of hydrogen-bond donors (Lipinski definition) is 1. The van der Waals surface area contributed by atoms with Gasteiger partial charge in [0.05, 0.1) is 5.69 Å². The normalized spacial score (nSPS) is 22.0. The Morgan fingerprint density at radius 1 is 1.12 bits per heavy atom. The van der Waals surface area contributed by atoms with E-state index < -0.39 is 5.97 Å². The molecule has 1 aromatic rings. The molecule has 0 amide bonds. The lowest BCUT2D eigenvalue weighted by atomic mass is 9.69. The van der Waals surface area contributed by atoms with Gasteiger partial charge in [0.1, 0.15) is 5.01 Å². The Morgan fingerprint density at radius 2 is 1.83 bits per heavy atom. The van der Waals surface area contributed by atoms with E-state index >= 15 is 0 Å². The number of nitrogens with zero attached hydrogens (tertiary/aromatic N) is 1. The molecule has 0 fully saturated rings. The number of thiazole rings is 1. The molecule has 3 nitrogen and oxygen atoms in total. The van der Waals surface area contributed by atoms with Crippen LogP contribution in [0.2, 0.25) is 0 Å². The molecule has 0 aliphatic heterocycles. The minimum Gasteiger partial charge on any atom is -0.478 e. The highest BCUT2D eigenvalue weighted by atomic mass is 32.1. The number of carboxylic acids is 1. The first-order chi connectivity index (χ1) is 11.2. The Labute approximate surface area is 147 Å². The van der Waals surface area contributed by atoms with Crippen LogP contribution in [0.25, 0.3) is 6.08 Å². The zero-order chi connectivity index (χ0) is 17.5. The Bertz CT molecular complexity index is 729. The number of carboxylic acid groups (broad SMARTS) is 1. The molecule has 0 radical (unpaired) electrons. The van der Waals surface area contributed by atoms with Gasteiger partial charge >= 0.3 is 5.97 Å². The average molecular weight is 343 g/mol. The molecule has 0 saturated heterocycles.